The highest BCUT2D eigenvalue weighted by Crippen LogP contribution is 2.33. The smallest absolute Gasteiger partial charge is 0.251 e. The Labute approximate surface area is 213 Å². The van der Waals surface area contributed by atoms with E-state index < -0.39 is 29.2 Å². The van der Waals surface area contributed by atoms with Gasteiger partial charge < -0.3 is 21.7 Å². The molecular weight excluding hydrogens is 481 g/mol. The van der Waals surface area contributed by atoms with Crippen LogP contribution in [0.4, 0.5) is 10.1 Å². The Bertz CT molecular complexity index is 1150. The van der Waals surface area contributed by atoms with Gasteiger partial charge in [-0.05, 0) is 56.2 Å². The van der Waals surface area contributed by atoms with Crippen molar-refractivity contribution in [2.24, 2.45) is 16.5 Å². The number of nitrogens with one attached hydrogen (secondary N) is 1. The predicted molar refractivity (Wildman–Crippen MR) is 139 cm³/mol. The van der Waals surface area contributed by atoms with Crippen LogP contribution in [-0.2, 0) is 4.79 Å². The van der Waals surface area contributed by atoms with E-state index in [4.69, 9.17) is 11.5 Å². The molecule has 5 N–H and O–H groups in total. The molecule has 1 aliphatic heterocycles. The molecule has 1 aliphatic carbocycles. The number of aliphatic imine (C=N–C) groups is 1. The first kappa shape index (κ1) is 25.8. The van der Waals surface area contributed by atoms with Crippen molar-refractivity contribution in [1.82, 2.24) is 5.32 Å². The van der Waals surface area contributed by atoms with Gasteiger partial charge in [-0.3, -0.25) is 14.4 Å². The number of rotatable bonds is 7. The third kappa shape index (κ3) is 5.76. The van der Waals surface area contributed by atoms with Crippen LogP contribution in [0, 0.1) is 5.82 Å². The SMILES string of the molecule is CC(C(N)=O)N(C1=NC(N)C(C(=O)c2ccc(C(=O)NC3CCCCC3)cc2)S1)c1ccc(F)cc1. The second-order valence-electron chi connectivity index (χ2n) is 9.12. The molecule has 4 rings (SSSR count). The van der Waals surface area contributed by atoms with Crippen LogP contribution in [0.1, 0.15) is 59.7 Å². The van der Waals surface area contributed by atoms with Gasteiger partial charge in [0.25, 0.3) is 5.91 Å². The Morgan fingerprint density at radius 2 is 1.64 bits per heavy atom. The fourth-order valence-electron chi connectivity index (χ4n) is 4.43. The summed E-state index contributed by atoms with van der Waals surface area (Å²) in [5.74, 6) is -1.41. The zero-order valence-corrected chi connectivity index (χ0v) is 20.8. The van der Waals surface area contributed by atoms with Crippen molar-refractivity contribution in [3.63, 3.8) is 0 Å². The van der Waals surface area contributed by atoms with Crippen molar-refractivity contribution >= 4 is 40.2 Å². The predicted octanol–water partition coefficient (Wildman–Crippen LogP) is 3.21. The summed E-state index contributed by atoms with van der Waals surface area (Å²) in [6, 6.07) is 11.5. The number of Topliss-reactive ketones (excluding diaryl/α,β-unsaturated/α-hetero) is 1. The molecule has 10 heteroatoms. The summed E-state index contributed by atoms with van der Waals surface area (Å²) >= 11 is 1.13. The van der Waals surface area contributed by atoms with E-state index in [9.17, 15) is 18.8 Å². The lowest BCUT2D eigenvalue weighted by Gasteiger charge is -2.28. The van der Waals surface area contributed by atoms with E-state index in [1.165, 1.54) is 30.7 Å². The van der Waals surface area contributed by atoms with Crippen LogP contribution < -0.4 is 21.7 Å². The van der Waals surface area contributed by atoms with Crippen LogP contribution >= 0.6 is 11.8 Å². The Morgan fingerprint density at radius 1 is 1.03 bits per heavy atom. The van der Waals surface area contributed by atoms with Crippen molar-refractivity contribution in [1.29, 1.82) is 0 Å². The monoisotopic (exact) mass is 511 g/mol. The second kappa shape index (κ2) is 11.2. The minimum atomic E-state index is -0.852. The van der Waals surface area contributed by atoms with Crippen molar-refractivity contribution in [2.75, 3.05) is 4.90 Å². The molecule has 3 unspecified atom stereocenters. The first-order valence-corrected chi connectivity index (χ1v) is 12.9. The lowest BCUT2D eigenvalue weighted by atomic mass is 9.95. The highest BCUT2D eigenvalue weighted by molar-refractivity contribution is 8.15. The molecule has 3 atom stereocenters. The van der Waals surface area contributed by atoms with Crippen molar-refractivity contribution in [3.8, 4) is 0 Å². The lowest BCUT2D eigenvalue weighted by molar-refractivity contribution is -0.118. The van der Waals surface area contributed by atoms with Crippen molar-refractivity contribution in [3.05, 3.63) is 65.5 Å². The zero-order chi connectivity index (χ0) is 25.8. The number of hydrogen-bond donors (Lipinski definition) is 3. The molecule has 2 amide bonds. The van der Waals surface area contributed by atoms with Gasteiger partial charge in [0.2, 0.25) is 5.91 Å². The minimum absolute atomic E-state index is 0.145. The van der Waals surface area contributed by atoms with Crippen LogP contribution in [0.15, 0.2) is 53.5 Å². The number of thioether (sulfide) groups is 1. The number of amidine groups is 1. The highest BCUT2D eigenvalue weighted by Gasteiger charge is 2.38. The molecule has 2 aromatic carbocycles. The molecule has 1 fully saturated rings. The minimum Gasteiger partial charge on any atom is -0.368 e. The molecule has 0 aromatic heterocycles. The topological polar surface area (TPSA) is 131 Å². The molecule has 1 heterocycles. The zero-order valence-electron chi connectivity index (χ0n) is 20.0. The van der Waals surface area contributed by atoms with E-state index in [2.05, 4.69) is 10.3 Å². The van der Waals surface area contributed by atoms with Crippen LogP contribution in [0.3, 0.4) is 0 Å². The van der Waals surface area contributed by atoms with Crippen molar-refractivity contribution < 1.29 is 18.8 Å². The maximum atomic E-state index is 13.5. The third-order valence-corrected chi connectivity index (χ3v) is 7.80. The van der Waals surface area contributed by atoms with E-state index in [1.54, 1.807) is 36.1 Å². The molecule has 1 saturated carbocycles. The molecule has 0 radical (unpaired) electrons. The third-order valence-electron chi connectivity index (χ3n) is 6.54. The fourth-order valence-corrected chi connectivity index (χ4v) is 5.66. The van der Waals surface area contributed by atoms with Gasteiger partial charge in [0.15, 0.2) is 11.0 Å². The molecule has 36 heavy (non-hydrogen) atoms. The Hall–Kier alpha value is -3.24. The van der Waals surface area contributed by atoms with Gasteiger partial charge in [0.1, 0.15) is 23.3 Å². The number of anilines is 1. The Balaban J connectivity index is 1.46. The van der Waals surface area contributed by atoms with Crippen LogP contribution in [-0.4, -0.2) is 46.3 Å². The summed E-state index contributed by atoms with van der Waals surface area (Å²) < 4.78 is 13.5. The van der Waals surface area contributed by atoms with Gasteiger partial charge in [-0.25, -0.2) is 9.38 Å². The molecule has 190 valence electrons. The summed E-state index contributed by atoms with van der Waals surface area (Å²) in [5, 5.41) is 2.69. The number of ketones is 1. The summed E-state index contributed by atoms with van der Waals surface area (Å²) in [6.45, 7) is 1.60. The average molecular weight is 512 g/mol. The van der Waals surface area contributed by atoms with E-state index >= 15 is 0 Å². The molecule has 0 spiro atoms. The maximum absolute atomic E-state index is 13.5. The molecular formula is C26H30FN5O3S. The number of halogens is 1. The number of nitrogens with zero attached hydrogens (tertiary/aromatic N) is 2. The molecule has 0 saturated heterocycles. The van der Waals surface area contributed by atoms with Gasteiger partial charge in [-0.15, -0.1) is 0 Å². The molecule has 0 bridgehead atoms. The first-order valence-electron chi connectivity index (χ1n) is 12.0. The second-order valence-corrected chi connectivity index (χ2v) is 10.2. The van der Waals surface area contributed by atoms with Gasteiger partial charge >= 0.3 is 0 Å². The van der Waals surface area contributed by atoms with Crippen LogP contribution in [0.5, 0.6) is 0 Å². The number of primary amides is 1. The molecule has 2 aromatic rings. The normalized spacial score (nSPS) is 20.9. The Morgan fingerprint density at radius 3 is 2.25 bits per heavy atom. The molecule has 2 aliphatic rings. The number of hydrogen-bond acceptors (Lipinski definition) is 7. The quantitative estimate of drug-likeness (QED) is 0.489. The van der Waals surface area contributed by atoms with E-state index in [1.807, 2.05) is 0 Å². The van der Waals surface area contributed by atoms with E-state index in [0.717, 1.165) is 37.4 Å². The largest absolute Gasteiger partial charge is 0.368 e. The van der Waals surface area contributed by atoms with Gasteiger partial charge in [0, 0.05) is 22.9 Å². The number of amides is 2. The first-order chi connectivity index (χ1) is 17.2. The van der Waals surface area contributed by atoms with Crippen molar-refractivity contribution in [2.45, 2.75) is 62.5 Å². The lowest BCUT2D eigenvalue weighted by Crippen LogP contribution is -2.45. The number of benzene rings is 2. The number of nitrogens with two attached hydrogens (primary N) is 2. The van der Waals surface area contributed by atoms with Gasteiger partial charge in [0.05, 0.1) is 0 Å². The van der Waals surface area contributed by atoms with Crippen LogP contribution in [0.25, 0.3) is 0 Å². The van der Waals surface area contributed by atoms with Crippen LogP contribution in [0.2, 0.25) is 0 Å². The average Bonchev–Trinajstić information content (AvgIpc) is 3.26. The summed E-state index contributed by atoms with van der Waals surface area (Å²) in [5.41, 5.74) is 13.2. The fraction of sp³-hybridized carbons (Fsp3) is 0.385. The standard InChI is InChI=1S/C26H30FN5O3S/c1-15(24(29)34)32(20-13-11-18(27)12-14-20)26-31-23(28)22(36-26)21(33)16-7-9-17(10-8-16)25(35)30-19-5-3-2-4-6-19/h7-15,19,22-23H,2-6,28H2,1H3,(H2,29,34)(H,30,35). The number of carbonyl (C=O) groups is 3. The number of carbonyl (C=O) groups excluding carboxylic acids is 3. The van der Waals surface area contributed by atoms with Gasteiger partial charge in [-0.1, -0.05) is 43.2 Å². The summed E-state index contributed by atoms with van der Waals surface area (Å²) in [6.07, 6.45) is 4.58. The summed E-state index contributed by atoms with van der Waals surface area (Å²) in [4.78, 5) is 43.8. The van der Waals surface area contributed by atoms with E-state index in [0.29, 0.717) is 22.0 Å². The van der Waals surface area contributed by atoms with E-state index in [-0.39, 0.29) is 17.7 Å². The Kier molecular flexibility index (Phi) is 8.05. The van der Waals surface area contributed by atoms with Gasteiger partial charge in [-0.2, -0.15) is 0 Å². The molecule has 8 nitrogen and oxygen atoms in total. The summed E-state index contributed by atoms with van der Waals surface area (Å²) in [7, 11) is 0. The maximum Gasteiger partial charge on any atom is 0.251 e. The highest BCUT2D eigenvalue weighted by atomic mass is 32.2.